The Morgan fingerprint density at radius 2 is 1.36 bits per heavy atom. The Hall–Kier alpha value is -3.21. The van der Waals surface area contributed by atoms with Gasteiger partial charge in [0.2, 0.25) is 0 Å². The van der Waals surface area contributed by atoms with Gasteiger partial charge in [0.25, 0.3) is 0 Å². The van der Waals surface area contributed by atoms with Crippen molar-refractivity contribution >= 4 is 21.8 Å². The summed E-state index contributed by atoms with van der Waals surface area (Å²) in [6, 6.07) is 34.4. The van der Waals surface area contributed by atoms with Crippen LogP contribution in [0, 0.1) is 12.3 Å². The Morgan fingerprint density at radius 1 is 0.788 bits per heavy atom. The van der Waals surface area contributed by atoms with Gasteiger partial charge in [0.05, 0.1) is 0 Å². The molecular formula is C29H32BrN3. The van der Waals surface area contributed by atoms with Crippen molar-refractivity contribution in [2.45, 2.75) is 26.8 Å². The maximum absolute atomic E-state index is 7.39. The first-order chi connectivity index (χ1) is 15.9. The minimum Gasteiger partial charge on any atom is -0.384 e. The molecule has 0 bridgehead atoms. The first-order valence-corrected chi connectivity index (χ1v) is 11.7. The lowest BCUT2D eigenvalue weighted by Crippen LogP contribution is -2.10. The zero-order chi connectivity index (χ0) is 24.1. The van der Waals surface area contributed by atoms with Gasteiger partial charge in [-0.05, 0) is 41.7 Å². The molecule has 0 aromatic heterocycles. The van der Waals surface area contributed by atoms with Gasteiger partial charge in [-0.3, -0.25) is 5.41 Å². The predicted molar refractivity (Wildman–Crippen MR) is 145 cm³/mol. The van der Waals surface area contributed by atoms with Gasteiger partial charge in [0.15, 0.2) is 0 Å². The number of nitrogens with one attached hydrogen (secondary N) is 1. The van der Waals surface area contributed by atoms with Crippen LogP contribution in [0.15, 0.2) is 108 Å². The Labute approximate surface area is 206 Å². The molecule has 0 amide bonds. The van der Waals surface area contributed by atoms with E-state index in [2.05, 4.69) is 60.1 Å². The van der Waals surface area contributed by atoms with Crippen LogP contribution < -0.4 is 11.5 Å². The van der Waals surface area contributed by atoms with E-state index in [4.69, 9.17) is 16.9 Å². The van der Waals surface area contributed by atoms with E-state index in [-0.39, 0.29) is 5.84 Å². The van der Waals surface area contributed by atoms with Crippen LogP contribution in [0.4, 0.5) is 0 Å². The lowest BCUT2D eigenvalue weighted by Gasteiger charge is -2.08. The van der Waals surface area contributed by atoms with Crippen LogP contribution in [-0.2, 0) is 13.0 Å². The molecule has 0 heterocycles. The monoisotopic (exact) mass is 501 g/mol. The van der Waals surface area contributed by atoms with Crippen molar-refractivity contribution in [2.75, 3.05) is 0 Å². The summed E-state index contributed by atoms with van der Waals surface area (Å²) in [7, 11) is 0. The lowest BCUT2D eigenvalue weighted by molar-refractivity contribution is 1.07. The summed E-state index contributed by atoms with van der Waals surface area (Å²) >= 11 is 3.58. The van der Waals surface area contributed by atoms with Gasteiger partial charge in [0, 0.05) is 16.6 Å². The number of amidine groups is 1. The summed E-state index contributed by atoms with van der Waals surface area (Å²) in [5.41, 5.74) is 17.7. The molecule has 0 radical (unpaired) electrons. The van der Waals surface area contributed by atoms with E-state index < -0.39 is 0 Å². The van der Waals surface area contributed by atoms with Crippen LogP contribution in [-0.4, -0.2) is 5.84 Å². The Morgan fingerprint density at radius 3 is 1.79 bits per heavy atom. The molecule has 0 fully saturated rings. The zero-order valence-electron chi connectivity index (χ0n) is 19.3. The fourth-order valence-electron chi connectivity index (χ4n) is 2.99. The maximum Gasteiger partial charge on any atom is 0.122 e. The van der Waals surface area contributed by atoms with E-state index in [1.807, 2.05) is 72.8 Å². The molecule has 4 aromatic rings. The number of benzene rings is 4. The highest BCUT2D eigenvalue weighted by molar-refractivity contribution is 9.10. The quantitative estimate of drug-likeness (QED) is 0.206. The van der Waals surface area contributed by atoms with Crippen molar-refractivity contribution in [3.63, 3.8) is 0 Å². The van der Waals surface area contributed by atoms with Crippen LogP contribution in [0.1, 0.15) is 29.2 Å². The molecule has 0 aliphatic rings. The number of nitrogens with two attached hydrogens (primary N) is 2. The van der Waals surface area contributed by atoms with Crippen molar-refractivity contribution in [1.82, 2.24) is 0 Å². The standard InChI is InChI=1S/C15H15BrN2.C7H9N.C7H8/c1-2-10-3-8-14(16)13(9-10)11-4-6-12(7-5-11)15(17)18;8-6-7-4-2-1-3-5-7;1-7-5-3-2-4-6-7/h3-9H,2H2,1H3,(H3,17,18);1-5H,6,8H2;2-6H,1H3. The van der Waals surface area contributed by atoms with E-state index in [1.165, 1.54) is 22.3 Å². The summed E-state index contributed by atoms with van der Waals surface area (Å²) in [5, 5.41) is 7.39. The van der Waals surface area contributed by atoms with E-state index in [9.17, 15) is 0 Å². The van der Waals surface area contributed by atoms with Crippen molar-refractivity contribution < 1.29 is 0 Å². The highest BCUT2D eigenvalue weighted by Gasteiger charge is 2.05. The van der Waals surface area contributed by atoms with Gasteiger partial charge in [-0.25, -0.2) is 0 Å². The zero-order valence-corrected chi connectivity index (χ0v) is 20.8. The summed E-state index contributed by atoms with van der Waals surface area (Å²) in [6.07, 6.45) is 1.02. The van der Waals surface area contributed by atoms with Crippen molar-refractivity contribution in [3.8, 4) is 11.1 Å². The molecule has 0 atom stereocenters. The highest BCUT2D eigenvalue weighted by atomic mass is 79.9. The van der Waals surface area contributed by atoms with Crippen LogP contribution >= 0.6 is 15.9 Å². The SMILES string of the molecule is CCc1ccc(Br)c(-c2ccc(C(=N)N)cc2)c1.Cc1ccccc1.NCc1ccccc1. The molecule has 0 aliphatic carbocycles. The summed E-state index contributed by atoms with van der Waals surface area (Å²) in [6.45, 7) is 4.87. The van der Waals surface area contributed by atoms with Gasteiger partial charge in [-0.15, -0.1) is 0 Å². The minimum absolute atomic E-state index is 0.0999. The largest absolute Gasteiger partial charge is 0.384 e. The normalized spacial score (nSPS) is 9.70. The van der Waals surface area contributed by atoms with Crippen molar-refractivity contribution in [2.24, 2.45) is 11.5 Å². The van der Waals surface area contributed by atoms with E-state index in [0.717, 1.165) is 22.0 Å². The van der Waals surface area contributed by atoms with Crippen LogP contribution in [0.25, 0.3) is 11.1 Å². The third kappa shape index (κ3) is 9.05. The highest BCUT2D eigenvalue weighted by Crippen LogP contribution is 2.29. The average Bonchev–Trinajstić information content (AvgIpc) is 2.86. The first kappa shape index (κ1) is 26.0. The smallest absolute Gasteiger partial charge is 0.122 e. The van der Waals surface area contributed by atoms with Crippen LogP contribution in [0.3, 0.4) is 0 Å². The second-order valence-corrected chi connectivity index (χ2v) is 8.36. The number of rotatable bonds is 4. The average molecular weight is 503 g/mol. The second kappa shape index (κ2) is 14.0. The molecular weight excluding hydrogens is 470 g/mol. The number of halogens is 1. The van der Waals surface area contributed by atoms with E-state index in [0.29, 0.717) is 6.54 Å². The van der Waals surface area contributed by atoms with Crippen LogP contribution in [0.5, 0.6) is 0 Å². The second-order valence-electron chi connectivity index (χ2n) is 7.50. The van der Waals surface area contributed by atoms with Gasteiger partial charge in [-0.2, -0.15) is 0 Å². The fraction of sp³-hybridized carbons (Fsp3) is 0.138. The summed E-state index contributed by atoms with van der Waals surface area (Å²) in [4.78, 5) is 0. The summed E-state index contributed by atoms with van der Waals surface area (Å²) < 4.78 is 1.08. The van der Waals surface area contributed by atoms with Crippen molar-refractivity contribution in [1.29, 1.82) is 5.41 Å². The van der Waals surface area contributed by atoms with E-state index >= 15 is 0 Å². The topological polar surface area (TPSA) is 75.9 Å². The molecule has 0 spiro atoms. The molecule has 0 saturated carbocycles. The van der Waals surface area contributed by atoms with Gasteiger partial charge < -0.3 is 11.5 Å². The third-order valence-electron chi connectivity index (χ3n) is 4.96. The summed E-state index contributed by atoms with van der Waals surface area (Å²) in [5.74, 6) is 0.0999. The molecule has 4 rings (SSSR count). The molecule has 4 aromatic carbocycles. The van der Waals surface area contributed by atoms with E-state index in [1.54, 1.807) is 0 Å². The Bertz CT molecular complexity index is 1110. The molecule has 33 heavy (non-hydrogen) atoms. The number of hydrogen-bond donors (Lipinski definition) is 3. The Kier molecular flexibility index (Phi) is 11.1. The predicted octanol–water partition coefficient (Wildman–Crippen LogP) is 7.10. The molecule has 0 unspecified atom stereocenters. The number of hydrogen-bond acceptors (Lipinski definition) is 2. The molecule has 4 heteroatoms. The van der Waals surface area contributed by atoms with Gasteiger partial charge in [-0.1, -0.05) is 125 Å². The van der Waals surface area contributed by atoms with Gasteiger partial charge in [0.1, 0.15) is 5.84 Å². The Balaban J connectivity index is 0.000000210. The molecule has 3 nitrogen and oxygen atoms in total. The molecule has 5 N–H and O–H groups in total. The minimum atomic E-state index is 0.0999. The number of nitrogen functional groups attached to an aromatic ring is 1. The third-order valence-corrected chi connectivity index (χ3v) is 5.66. The molecule has 0 aliphatic heterocycles. The maximum atomic E-state index is 7.39. The van der Waals surface area contributed by atoms with Crippen molar-refractivity contribution in [3.05, 3.63) is 130 Å². The number of aryl methyl sites for hydroxylation is 2. The fourth-order valence-corrected chi connectivity index (χ4v) is 3.47. The molecule has 170 valence electrons. The first-order valence-electron chi connectivity index (χ1n) is 10.9. The lowest BCUT2D eigenvalue weighted by atomic mass is 10.0. The van der Waals surface area contributed by atoms with Crippen LogP contribution in [0.2, 0.25) is 0 Å². The van der Waals surface area contributed by atoms with Gasteiger partial charge >= 0.3 is 0 Å². The molecule has 0 saturated heterocycles.